The molecule has 0 aliphatic heterocycles. The molecular weight excluding hydrogens is 204 g/mol. The smallest absolute Gasteiger partial charge is 0.181 e. The first-order valence-corrected chi connectivity index (χ1v) is 4.94. The number of nitrogens with two attached hydrogens (primary N) is 1. The maximum Gasteiger partial charge on any atom is 0.181 e. The highest BCUT2D eigenvalue weighted by Crippen LogP contribution is 2.24. The molecule has 2 heterocycles. The number of aryl methyl sites for hydroxylation is 1. The number of hydrogen-bond donors (Lipinski definition) is 1. The van der Waals surface area contributed by atoms with Gasteiger partial charge in [0.15, 0.2) is 11.6 Å². The van der Waals surface area contributed by atoms with Crippen molar-refractivity contribution < 1.29 is 4.74 Å². The zero-order chi connectivity index (χ0) is 11.7. The molecule has 0 aliphatic rings. The molecule has 16 heavy (non-hydrogen) atoms. The lowest BCUT2D eigenvalue weighted by Gasteiger charge is -2.10. The predicted molar refractivity (Wildman–Crippen MR) is 61.8 cm³/mol. The maximum absolute atomic E-state index is 5.66. The Morgan fingerprint density at radius 3 is 2.62 bits per heavy atom. The highest BCUT2D eigenvalue weighted by atomic mass is 16.5. The van der Waals surface area contributed by atoms with E-state index in [9.17, 15) is 0 Å². The number of pyridine rings is 1. The van der Waals surface area contributed by atoms with Crippen LogP contribution in [0.1, 0.15) is 11.4 Å². The third kappa shape index (κ3) is 1.60. The van der Waals surface area contributed by atoms with Crippen LogP contribution in [0.15, 0.2) is 18.6 Å². The lowest BCUT2D eigenvalue weighted by atomic mass is 10.3. The van der Waals surface area contributed by atoms with E-state index in [-0.39, 0.29) is 0 Å². The minimum absolute atomic E-state index is 0.579. The summed E-state index contributed by atoms with van der Waals surface area (Å²) in [5, 5.41) is 0. The van der Waals surface area contributed by atoms with Gasteiger partial charge < -0.3 is 10.5 Å². The number of hydrogen-bond acceptors (Lipinski definition) is 4. The Bertz CT molecular complexity index is 519. The van der Waals surface area contributed by atoms with Crippen LogP contribution in [-0.2, 0) is 0 Å². The SMILES string of the molecule is COc1cc(N)cnc1-n1cnc(C)c1C. The van der Waals surface area contributed by atoms with Crippen LogP contribution in [0, 0.1) is 13.8 Å². The first kappa shape index (κ1) is 10.5. The summed E-state index contributed by atoms with van der Waals surface area (Å²) < 4.78 is 7.14. The van der Waals surface area contributed by atoms with Crippen molar-refractivity contribution in [2.24, 2.45) is 0 Å². The topological polar surface area (TPSA) is 66.0 Å². The molecule has 0 bridgehead atoms. The molecule has 2 aromatic rings. The molecule has 0 saturated carbocycles. The average Bonchev–Trinajstić information content (AvgIpc) is 2.60. The monoisotopic (exact) mass is 218 g/mol. The van der Waals surface area contributed by atoms with E-state index in [1.54, 1.807) is 25.7 Å². The maximum atomic E-state index is 5.66. The molecule has 2 rings (SSSR count). The van der Waals surface area contributed by atoms with Gasteiger partial charge >= 0.3 is 0 Å². The predicted octanol–water partition coefficient (Wildman–Crippen LogP) is 1.47. The van der Waals surface area contributed by atoms with Crippen LogP contribution in [0.4, 0.5) is 5.69 Å². The van der Waals surface area contributed by atoms with E-state index in [1.807, 2.05) is 18.4 Å². The third-order valence-corrected chi connectivity index (χ3v) is 2.55. The Morgan fingerprint density at radius 2 is 2.06 bits per heavy atom. The molecule has 0 aromatic carbocycles. The fraction of sp³-hybridized carbons (Fsp3) is 0.273. The molecule has 84 valence electrons. The number of imidazole rings is 1. The van der Waals surface area contributed by atoms with Crippen LogP contribution in [0.5, 0.6) is 5.75 Å². The Morgan fingerprint density at radius 1 is 1.31 bits per heavy atom. The second-order valence-electron chi connectivity index (χ2n) is 3.58. The summed E-state index contributed by atoms with van der Waals surface area (Å²) in [6.07, 6.45) is 3.33. The van der Waals surface area contributed by atoms with E-state index < -0.39 is 0 Å². The molecule has 5 nitrogen and oxygen atoms in total. The quantitative estimate of drug-likeness (QED) is 0.829. The minimum Gasteiger partial charge on any atom is -0.493 e. The van der Waals surface area contributed by atoms with Crippen molar-refractivity contribution >= 4 is 5.69 Å². The molecule has 0 fully saturated rings. The number of ether oxygens (including phenoxy) is 1. The van der Waals surface area contributed by atoms with Gasteiger partial charge in [-0.1, -0.05) is 0 Å². The van der Waals surface area contributed by atoms with Gasteiger partial charge in [-0.2, -0.15) is 0 Å². The molecule has 0 spiro atoms. The van der Waals surface area contributed by atoms with Gasteiger partial charge in [0.2, 0.25) is 0 Å². The zero-order valence-corrected chi connectivity index (χ0v) is 9.56. The summed E-state index contributed by atoms with van der Waals surface area (Å²) >= 11 is 0. The van der Waals surface area contributed by atoms with Crippen molar-refractivity contribution in [2.75, 3.05) is 12.8 Å². The summed E-state index contributed by atoms with van der Waals surface area (Å²) in [5.74, 6) is 1.34. The van der Waals surface area contributed by atoms with Gasteiger partial charge in [0.25, 0.3) is 0 Å². The Labute approximate surface area is 93.9 Å². The van der Waals surface area contributed by atoms with Crippen molar-refractivity contribution in [3.8, 4) is 11.6 Å². The Hall–Kier alpha value is -2.04. The molecule has 5 heteroatoms. The van der Waals surface area contributed by atoms with Crippen molar-refractivity contribution in [1.29, 1.82) is 0 Å². The fourth-order valence-electron chi connectivity index (χ4n) is 1.50. The van der Waals surface area contributed by atoms with Crippen molar-refractivity contribution in [1.82, 2.24) is 14.5 Å². The second kappa shape index (κ2) is 3.84. The van der Waals surface area contributed by atoms with Crippen molar-refractivity contribution in [2.45, 2.75) is 13.8 Å². The Kier molecular flexibility index (Phi) is 2.52. The standard InChI is InChI=1S/C11H14N4O/c1-7-8(2)15(6-14-7)11-10(16-3)4-9(12)5-13-11/h4-6H,12H2,1-3H3. The molecule has 0 aliphatic carbocycles. The van der Waals surface area contributed by atoms with Gasteiger partial charge in [0, 0.05) is 11.8 Å². The molecule has 0 unspecified atom stereocenters. The largest absolute Gasteiger partial charge is 0.493 e. The van der Waals surface area contributed by atoms with Crippen LogP contribution in [0.3, 0.4) is 0 Å². The molecule has 2 aromatic heterocycles. The molecule has 0 saturated heterocycles. The lowest BCUT2D eigenvalue weighted by Crippen LogP contribution is -2.03. The Balaban J connectivity index is 2.59. The summed E-state index contributed by atoms with van der Waals surface area (Å²) in [6, 6.07) is 1.75. The summed E-state index contributed by atoms with van der Waals surface area (Å²) in [6.45, 7) is 3.94. The number of aromatic nitrogens is 3. The lowest BCUT2D eigenvalue weighted by molar-refractivity contribution is 0.410. The normalized spacial score (nSPS) is 10.4. The number of nitrogens with zero attached hydrogens (tertiary/aromatic N) is 3. The van der Waals surface area contributed by atoms with E-state index in [2.05, 4.69) is 9.97 Å². The van der Waals surface area contributed by atoms with Crippen LogP contribution < -0.4 is 10.5 Å². The number of methoxy groups -OCH3 is 1. The van der Waals surface area contributed by atoms with Crippen LogP contribution >= 0.6 is 0 Å². The summed E-state index contributed by atoms with van der Waals surface area (Å²) in [7, 11) is 1.60. The molecule has 2 N–H and O–H groups in total. The molecule has 0 atom stereocenters. The van der Waals surface area contributed by atoms with Gasteiger partial charge in [-0.05, 0) is 13.8 Å². The average molecular weight is 218 g/mol. The first-order valence-electron chi connectivity index (χ1n) is 4.94. The van der Waals surface area contributed by atoms with E-state index in [0.717, 1.165) is 11.4 Å². The van der Waals surface area contributed by atoms with Gasteiger partial charge in [0.1, 0.15) is 6.33 Å². The fourth-order valence-corrected chi connectivity index (χ4v) is 1.50. The third-order valence-electron chi connectivity index (χ3n) is 2.55. The molecule has 0 radical (unpaired) electrons. The highest BCUT2D eigenvalue weighted by Gasteiger charge is 2.11. The van der Waals surface area contributed by atoms with Gasteiger partial charge in [0.05, 0.1) is 24.7 Å². The van der Waals surface area contributed by atoms with Crippen LogP contribution in [0.2, 0.25) is 0 Å². The van der Waals surface area contributed by atoms with E-state index in [0.29, 0.717) is 17.3 Å². The van der Waals surface area contributed by atoms with Gasteiger partial charge in [-0.3, -0.25) is 4.57 Å². The van der Waals surface area contributed by atoms with Crippen LogP contribution in [0.25, 0.3) is 5.82 Å². The van der Waals surface area contributed by atoms with Crippen molar-refractivity contribution in [3.63, 3.8) is 0 Å². The van der Waals surface area contributed by atoms with Gasteiger partial charge in [-0.25, -0.2) is 9.97 Å². The van der Waals surface area contributed by atoms with E-state index in [4.69, 9.17) is 10.5 Å². The number of nitrogen functional groups attached to an aromatic ring is 1. The first-order chi connectivity index (χ1) is 7.63. The zero-order valence-electron chi connectivity index (χ0n) is 9.56. The van der Waals surface area contributed by atoms with Crippen LogP contribution in [-0.4, -0.2) is 21.6 Å². The second-order valence-corrected chi connectivity index (χ2v) is 3.58. The summed E-state index contributed by atoms with van der Waals surface area (Å²) in [4.78, 5) is 8.49. The molecular formula is C11H14N4O. The van der Waals surface area contributed by atoms with Crippen molar-refractivity contribution in [3.05, 3.63) is 30.0 Å². The van der Waals surface area contributed by atoms with Gasteiger partial charge in [-0.15, -0.1) is 0 Å². The van der Waals surface area contributed by atoms with E-state index in [1.165, 1.54) is 0 Å². The number of anilines is 1. The minimum atomic E-state index is 0.579. The van der Waals surface area contributed by atoms with E-state index >= 15 is 0 Å². The molecule has 0 amide bonds. The highest BCUT2D eigenvalue weighted by molar-refractivity contribution is 5.50. The summed E-state index contributed by atoms with van der Waals surface area (Å²) in [5.41, 5.74) is 8.25. The number of rotatable bonds is 2.